The van der Waals surface area contributed by atoms with E-state index in [4.69, 9.17) is 22.3 Å². The number of fused-ring (bicyclic) bond motifs is 1. The number of nitrogens with two attached hydrogens (primary N) is 2. The van der Waals surface area contributed by atoms with E-state index in [1.54, 1.807) is 36.4 Å². The SMILES string of the molecule is N=C(N)NC(=O)c1ccc2cc(C(=O)NC(=N)N)ccc2c1. The largest absolute Gasteiger partial charge is 0.370 e. The molecule has 0 fully saturated rings. The van der Waals surface area contributed by atoms with E-state index in [1.165, 1.54) is 0 Å². The van der Waals surface area contributed by atoms with Gasteiger partial charge < -0.3 is 11.5 Å². The number of hydrogen-bond donors (Lipinski definition) is 6. The number of hydrogen-bond acceptors (Lipinski definition) is 4. The first-order valence-electron chi connectivity index (χ1n) is 6.21. The van der Waals surface area contributed by atoms with Crippen LogP contribution in [0, 0.1) is 10.8 Å². The summed E-state index contributed by atoms with van der Waals surface area (Å²) in [6.07, 6.45) is 0. The molecule has 0 radical (unpaired) electrons. The molecule has 8 N–H and O–H groups in total. The highest BCUT2D eigenvalue weighted by Gasteiger charge is 2.10. The number of benzene rings is 2. The smallest absolute Gasteiger partial charge is 0.257 e. The Bertz CT molecular complexity index is 732. The second kappa shape index (κ2) is 5.92. The summed E-state index contributed by atoms with van der Waals surface area (Å²) in [5, 5.41) is 20.0. The Morgan fingerprint density at radius 3 is 1.45 bits per heavy atom. The van der Waals surface area contributed by atoms with Gasteiger partial charge in [0, 0.05) is 11.1 Å². The van der Waals surface area contributed by atoms with Crippen LogP contribution in [0.1, 0.15) is 20.7 Å². The molecular weight excluding hydrogens is 284 g/mol. The number of carbonyl (C=O) groups excluding carboxylic acids is 2. The Morgan fingerprint density at radius 1 is 0.773 bits per heavy atom. The molecule has 2 amide bonds. The first kappa shape index (κ1) is 15.0. The number of amides is 2. The van der Waals surface area contributed by atoms with Crippen molar-refractivity contribution in [2.75, 3.05) is 0 Å². The highest BCUT2D eigenvalue weighted by atomic mass is 16.2. The van der Waals surface area contributed by atoms with Crippen molar-refractivity contribution in [3.05, 3.63) is 47.5 Å². The molecule has 0 aliphatic rings. The minimum Gasteiger partial charge on any atom is -0.370 e. The molecule has 0 aliphatic heterocycles. The number of nitrogens with one attached hydrogen (secondary N) is 4. The first-order valence-corrected chi connectivity index (χ1v) is 6.21. The van der Waals surface area contributed by atoms with Gasteiger partial charge in [0.05, 0.1) is 0 Å². The van der Waals surface area contributed by atoms with Crippen molar-refractivity contribution in [1.29, 1.82) is 10.8 Å². The first-order chi connectivity index (χ1) is 10.4. The van der Waals surface area contributed by atoms with Gasteiger partial charge in [-0.3, -0.25) is 31.0 Å². The lowest BCUT2D eigenvalue weighted by atomic mass is 10.0. The van der Waals surface area contributed by atoms with Gasteiger partial charge in [-0.15, -0.1) is 0 Å². The van der Waals surface area contributed by atoms with Gasteiger partial charge in [-0.05, 0) is 35.0 Å². The Balaban J connectivity index is 2.33. The van der Waals surface area contributed by atoms with E-state index >= 15 is 0 Å². The predicted molar refractivity (Wildman–Crippen MR) is 82.7 cm³/mol. The quantitative estimate of drug-likeness (QED) is 0.343. The third-order valence-corrected chi connectivity index (χ3v) is 2.86. The fraction of sp³-hybridized carbons (Fsp3) is 0. The van der Waals surface area contributed by atoms with Crippen molar-refractivity contribution in [2.45, 2.75) is 0 Å². The van der Waals surface area contributed by atoms with E-state index in [2.05, 4.69) is 10.6 Å². The molecule has 112 valence electrons. The van der Waals surface area contributed by atoms with Gasteiger partial charge in [0.1, 0.15) is 0 Å². The number of rotatable bonds is 2. The lowest BCUT2D eigenvalue weighted by Crippen LogP contribution is -2.35. The normalized spacial score (nSPS) is 10.0. The Morgan fingerprint density at radius 2 is 1.14 bits per heavy atom. The maximum atomic E-state index is 11.8. The Hall–Kier alpha value is -3.42. The molecule has 8 nitrogen and oxygen atoms in total. The van der Waals surface area contributed by atoms with E-state index in [0.717, 1.165) is 10.8 Å². The summed E-state index contributed by atoms with van der Waals surface area (Å²) in [4.78, 5) is 23.5. The molecule has 0 aliphatic carbocycles. The molecule has 0 saturated heterocycles. The van der Waals surface area contributed by atoms with Crippen LogP contribution in [0.5, 0.6) is 0 Å². The van der Waals surface area contributed by atoms with Crippen molar-refractivity contribution >= 4 is 34.5 Å². The van der Waals surface area contributed by atoms with Gasteiger partial charge >= 0.3 is 0 Å². The third-order valence-electron chi connectivity index (χ3n) is 2.86. The molecule has 0 bridgehead atoms. The topological polar surface area (TPSA) is 158 Å². The van der Waals surface area contributed by atoms with Gasteiger partial charge in [-0.25, -0.2) is 0 Å². The summed E-state index contributed by atoms with van der Waals surface area (Å²) in [6, 6.07) is 9.73. The van der Waals surface area contributed by atoms with Crippen LogP contribution in [0.3, 0.4) is 0 Å². The molecular formula is C14H14N6O2. The van der Waals surface area contributed by atoms with Crippen molar-refractivity contribution in [1.82, 2.24) is 10.6 Å². The highest BCUT2D eigenvalue weighted by Crippen LogP contribution is 2.18. The van der Waals surface area contributed by atoms with E-state index < -0.39 is 23.7 Å². The molecule has 0 heterocycles. The standard InChI is InChI=1S/C14H14N6O2/c15-13(16)19-11(21)9-3-1-7-5-10(4-2-8(7)6-9)12(22)20-14(17)18/h1-6H,(H4,15,16,19,21)(H4,17,18,20,22). The fourth-order valence-electron chi connectivity index (χ4n) is 1.92. The molecule has 0 unspecified atom stereocenters. The molecule has 22 heavy (non-hydrogen) atoms. The summed E-state index contributed by atoms with van der Waals surface area (Å²) >= 11 is 0. The van der Waals surface area contributed by atoms with Crippen LogP contribution < -0.4 is 22.1 Å². The molecule has 0 saturated carbocycles. The maximum absolute atomic E-state index is 11.8. The van der Waals surface area contributed by atoms with E-state index in [9.17, 15) is 9.59 Å². The number of carbonyl (C=O) groups is 2. The zero-order valence-corrected chi connectivity index (χ0v) is 11.4. The van der Waals surface area contributed by atoms with Crippen LogP contribution in [0.15, 0.2) is 36.4 Å². The van der Waals surface area contributed by atoms with Crippen LogP contribution in [0.4, 0.5) is 0 Å². The summed E-state index contributed by atoms with van der Waals surface area (Å²) in [6.45, 7) is 0. The van der Waals surface area contributed by atoms with Crippen molar-refractivity contribution < 1.29 is 9.59 Å². The minimum atomic E-state index is -0.479. The highest BCUT2D eigenvalue weighted by molar-refractivity contribution is 6.08. The zero-order chi connectivity index (χ0) is 16.3. The van der Waals surface area contributed by atoms with Gasteiger partial charge in [0.25, 0.3) is 11.8 Å². The summed E-state index contributed by atoms with van der Waals surface area (Å²) in [5.74, 6) is -1.82. The van der Waals surface area contributed by atoms with E-state index in [1.807, 2.05) is 0 Å². The lowest BCUT2D eigenvalue weighted by Gasteiger charge is -2.07. The molecule has 0 aromatic heterocycles. The number of guanidine groups is 2. The van der Waals surface area contributed by atoms with Crippen LogP contribution >= 0.6 is 0 Å². The fourth-order valence-corrected chi connectivity index (χ4v) is 1.92. The average molecular weight is 298 g/mol. The second-order valence-corrected chi connectivity index (χ2v) is 4.51. The molecule has 0 atom stereocenters. The van der Waals surface area contributed by atoms with E-state index in [0.29, 0.717) is 11.1 Å². The molecule has 8 heteroatoms. The van der Waals surface area contributed by atoms with Crippen molar-refractivity contribution in [3.8, 4) is 0 Å². The summed E-state index contributed by atoms with van der Waals surface area (Å²) in [7, 11) is 0. The van der Waals surface area contributed by atoms with Crippen LogP contribution in [-0.2, 0) is 0 Å². The minimum absolute atomic E-state index is 0.351. The van der Waals surface area contributed by atoms with Gasteiger partial charge in [-0.2, -0.15) is 0 Å². The van der Waals surface area contributed by atoms with Crippen LogP contribution in [-0.4, -0.2) is 23.7 Å². The van der Waals surface area contributed by atoms with Crippen molar-refractivity contribution in [3.63, 3.8) is 0 Å². The second-order valence-electron chi connectivity index (χ2n) is 4.51. The molecule has 2 aromatic rings. The summed E-state index contributed by atoms with van der Waals surface area (Å²) in [5.41, 5.74) is 10.9. The molecule has 2 rings (SSSR count). The monoisotopic (exact) mass is 298 g/mol. The molecule has 2 aromatic carbocycles. The van der Waals surface area contributed by atoms with Crippen LogP contribution in [0.2, 0.25) is 0 Å². The van der Waals surface area contributed by atoms with Crippen molar-refractivity contribution in [2.24, 2.45) is 11.5 Å². The summed E-state index contributed by atoms with van der Waals surface area (Å²) < 4.78 is 0. The van der Waals surface area contributed by atoms with Crippen LogP contribution in [0.25, 0.3) is 10.8 Å². The average Bonchev–Trinajstić information content (AvgIpc) is 2.44. The lowest BCUT2D eigenvalue weighted by molar-refractivity contribution is 0.0967. The Kier molecular flexibility index (Phi) is 4.03. The predicted octanol–water partition coefficient (Wildman–Crippen LogP) is 0.0863. The van der Waals surface area contributed by atoms with E-state index in [-0.39, 0.29) is 0 Å². The van der Waals surface area contributed by atoms with Gasteiger partial charge in [0.2, 0.25) is 0 Å². The zero-order valence-electron chi connectivity index (χ0n) is 11.4. The maximum Gasteiger partial charge on any atom is 0.257 e. The van der Waals surface area contributed by atoms with Gasteiger partial charge in [-0.1, -0.05) is 12.1 Å². The van der Waals surface area contributed by atoms with Gasteiger partial charge in [0.15, 0.2) is 11.9 Å². The third kappa shape index (κ3) is 3.37. The Labute approximate surface area is 125 Å². The molecule has 0 spiro atoms.